The Labute approximate surface area is 101 Å². The van der Waals surface area contributed by atoms with Crippen molar-refractivity contribution in [1.29, 1.82) is 0 Å². The van der Waals surface area contributed by atoms with E-state index in [0.29, 0.717) is 12.4 Å². The number of anilines is 1. The van der Waals surface area contributed by atoms with Gasteiger partial charge in [0.2, 0.25) is 0 Å². The number of benzene rings is 1. The molecule has 1 aromatic heterocycles. The summed E-state index contributed by atoms with van der Waals surface area (Å²) in [5.74, 6) is 2.27. The molecule has 1 N–H and O–H groups in total. The van der Waals surface area contributed by atoms with Gasteiger partial charge in [-0.3, -0.25) is 0 Å². The molecule has 2 aromatic rings. The van der Waals surface area contributed by atoms with Crippen LogP contribution in [0.3, 0.4) is 0 Å². The van der Waals surface area contributed by atoms with Crippen LogP contribution in [0, 0.1) is 0 Å². The van der Waals surface area contributed by atoms with Crippen LogP contribution in [0.2, 0.25) is 0 Å². The van der Waals surface area contributed by atoms with Gasteiger partial charge in [0.05, 0.1) is 12.2 Å². The molecule has 0 aliphatic carbocycles. The second-order valence-corrected chi connectivity index (χ2v) is 3.44. The van der Waals surface area contributed by atoms with E-state index in [1.807, 2.05) is 44.3 Å². The highest BCUT2D eigenvalue weighted by Gasteiger charge is 2.08. The van der Waals surface area contributed by atoms with E-state index in [-0.39, 0.29) is 0 Å². The molecule has 0 fully saturated rings. The highest BCUT2D eigenvalue weighted by molar-refractivity contribution is 5.64. The maximum Gasteiger partial charge on any atom is 0.165 e. The summed E-state index contributed by atoms with van der Waals surface area (Å²) < 4.78 is 5.56. The van der Waals surface area contributed by atoms with Crippen LogP contribution < -0.4 is 10.1 Å². The predicted molar refractivity (Wildman–Crippen MR) is 68.2 cm³/mol. The molecule has 0 amide bonds. The fraction of sp³-hybridized carbons (Fsp3) is 0.231. The monoisotopic (exact) mass is 229 g/mol. The van der Waals surface area contributed by atoms with Crippen LogP contribution in [0.5, 0.6) is 5.75 Å². The van der Waals surface area contributed by atoms with Gasteiger partial charge in [0.25, 0.3) is 0 Å². The topological polar surface area (TPSA) is 47.0 Å². The van der Waals surface area contributed by atoms with E-state index in [0.717, 1.165) is 17.1 Å². The lowest BCUT2D eigenvalue weighted by Gasteiger charge is -2.09. The summed E-state index contributed by atoms with van der Waals surface area (Å²) in [4.78, 5) is 8.67. The molecule has 0 atom stereocenters. The van der Waals surface area contributed by atoms with E-state index in [9.17, 15) is 0 Å². The van der Waals surface area contributed by atoms with Gasteiger partial charge in [-0.2, -0.15) is 0 Å². The van der Waals surface area contributed by atoms with Gasteiger partial charge in [-0.05, 0) is 25.1 Å². The third-order valence-electron chi connectivity index (χ3n) is 2.34. The molecule has 1 heterocycles. The fourth-order valence-electron chi connectivity index (χ4n) is 1.56. The minimum Gasteiger partial charge on any atom is -0.493 e. The van der Waals surface area contributed by atoms with Gasteiger partial charge in [0.15, 0.2) is 5.82 Å². The molecule has 1 aromatic carbocycles. The average Bonchev–Trinajstić information content (AvgIpc) is 2.40. The third kappa shape index (κ3) is 2.53. The lowest BCUT2D eigenvalue weighted by Crippen LogP contribution is -1.98. The first-order valence-electron chi connectivity index (χ1n) is 5.58. The first-order chi connectivity index (χ1) is 8.35. The van der Waals surface area contributed by atoms with Gasteiger partial charge in [-0.1, -0.05) is 12.1 Å². The van der Waals surface area contributed by atoms with E-state index < -0.39 is 0 Å². The molecule has 0 aliphatic rings. The predicted octanol–water partition coefficient (Wildman–Crippen LogP) is 2.58. The lowest BCUT2D eigenvalue weighted by molar-refractivity contribution is 0.341. The van der Waals surface area contributed by atoms with Crippen molar-refractivity contribution in [1.82, 2.24) is 9.97 Å². The summed E-state index contributed by atoms with van der Waals surface area (Å²) in [7, 11) is 1.83. The standard InChI is InChI=1S/C13H15N3O/c1-3-17-11-7-5-4-6-10(11)13-15-9-8-12(14-2)16-13/h4-9H,3H2,1-2H3,(H,14,15,16). The number of para-hydroxylation sites is 1. The van der Waals surface area contributed by atoms with Crippen LogP contribution in [0.1, 0.15) is 6.92 Å². The first-order valence-corrected chi connectivity index (χ1v) is 5.58. The quantitative estimate of drug-likeness (QED) is 0.875. The number of nitrogens with zero attached hydrogens (tertiary/aromatic N) is 2. The van der Waals surface area contributed by atoms with Gasteiger partial charge in [0, 0.05) is 13.2 Å². The van der Waals surface area contributed by atoms with Gasteiger partial charge in [0.1, 0.15) is 11.6 Å². The van der Waals surface area contributed by atoms with Crippen molar-refractivity contribution in [3.63, 3.8) is 0 Å². The molecule has 0 unspecified atom stereocenters. The number of hydrogen-bond acceptors (Lipinski definition) is 4. The SMILES string of the molecule is CCOc1ccccc1-c1nccc(NC)n1. The molecule has 0 spiro atoms. The zero-order valence-electron chi connectivity index (χ0n) is 9.97. The average molecular weight is 229 g/mol. The minimum absolute atomic E-state index is 0.628. The maximum absolute atomic E-state index is 5.56. The highest BCUT2D eigenvalue weighted by Crippen LogP contribution is 2.27. The zero-order chi connectivity index (χ0) is 12.1. The lowest BCUT2D eigenvalue weighted by atomic mass is 10.2. The molecule has 4 heteroatoms. The van der Waals surface area contributed by atoms with Crippen LogP contribution in [-0.4, -0.2) is 23.6 Å². The molecule has 0 aliphatic heterocycles. The molecule has 0 bridgehead atoms. The molecule has 0 saturated carbocycles. The molecule has 0 saturated heterocycles. The van der Waals surface area contributed by atoms with Gasteiger partial charge in [-0.15, -0.1) is 0 Å². The van der Waals surface area contributed by atoms with Crippen LogP contribution in [0.25, 0.3) is 11.4 Å². The minimum atomic E-state index is 0.628. The summed E-state index contributed by atoms with van der Waals surface area (Å²) in [6, 6.07) is 9.60. The molecule has 2 rings (SSSR count). The number of hydrogen-bond donors (Lipinski definition) is 1. The number of nitrogens with one attached hydrogen (secondary N) is 1. The third-order valence-corrected chi connectivity index (χ3v) is 2.34. The molecule has 4 nitrogen and oxygen atoms in total. The highest BCUT2D eigenvalue weighted by atomic mass is 16.5. The van der Waals surface area contributed by atoms with Crippen molar-refractivity contribution < 1.29 is 4.74 Å². The van der Waals surface area contributed by atoms with Crippen molar-refractivity contribution in [2.75, 3.05) is 19.0 Å². The Morgan fingerprint density at radius 3 is 2.82 bits per heavy atom. The summed E-state index contributed by atoms with van der Waals surface area (Å²) in [6.07, 6.45) is 1.73. The van der Waals surface area contributed by atoms with Gasteiger partial charge < -0.3 is 10.1 Å². The van der Waals surface area contributed by atoms with Gasteiger partial charge >= 0.3 is 0 Å². The van der Waals surface area contributed by atoms with E-state index in [1.54, 1.807) is 6.20 Å². The first kappa shape index (κ1) is 11.4. The summed E-state index contributed by atoms with van der Waals surface area (Å²) in [6.45, 7) is 2.59. The molecular formula is C13H15N3O. The summed E-state index contributed by atoms with van der Waals surface area (Å²) in [5, 5.41) is 3.00. The Morgan fingerprint density at radius 2 is 2.06 bits per heavy atom. The van der Waals surface area contributed by atoms with Gasteiger partial charge in [-0.25, -0.2) is 9.97 Å². The maximum atomic E-state index is 5.56. The van der Waals surface area contributed by atoms with Crippen molar-refractivity contribution in [3.8, 4) is 17.1 Å². The van der Waals surface area contributed by atoms with E-state index in [1.165, 1.54) is 0 Å². The fourth-order valence-corrected chi connectivity index (χ4v) is 1.56. The Morgan fingerprint density at radius 1 is 1.24 bits per heavy atom. The summed E-state index contributed by atoms with van der Waals surface area (Å²) >= 11 is 0. The zero-order valence-corrected chi connectivity index (χ0v) is 9.97. The normalized spacial score (nSPS) is 10.0. The summed E-state index contributed by atoms with van der Waals surface area (Å²) in [5.41, 5.74) is 0.909. The molecular weight excluding hydrogens is 214 g/mol. The van der Waals surface area contributed by atoms with E-state index in [4.69, 9.17) is 4.74 Å². The van der Waals surface area contributed by atoms with E-state index >= 15 is 0 Å². The largest absolute Gasteiger partial charge is 0.493 e. The second kappa shape index (κ2) is 5.30. The van der Waals surface area contributed by atoms with Crippen LogP contribution >= 0.6 is 0 Å². The van der Waals surface area contributed by atoms with Crippen LogP contribution in [0.4, 0.5) is 5.82 Å². The Bertz CT molecular complexity index is 500. The van der Waals surface area contributed by atoms with E-state index in [2.05, 4.69) is 15.3 Å². The second-order valence-electron chi connectivity index (χ2n) is 3.44. The van der Waals surface area contributed by atoms with Crippen LogP contribution in [0.15, 0.2) is 36.5 Å². The number of rotatable bonds is 4. The van der Waals surface area contributed by atoms with Crippen molar-refractivity contribution in [3.05, 3.63) is 36.5 Å². The van der Waals surface area contributed by atoms with Crippen molar-refractivity contribution >= 4 is 5.82 Å². The molecule has 88 valence electrons. The Hall–Kier alpha value is -2.10. The molecule has 17 heavy (non-hydrogen) atoms. The number of aromatic nitrogens is 2. The Balaban J connectivity index is 2.44. The van der Waals surface area contributed by atoms with Crippen molar-refractivity contribution in [2.24, 2.45) is 0 Å². The van der Waals surface area contributed by atoms with Crippen LogP contribution in [-0.2, 0) is 0 Å². The smallest absolute Gasteiger partial charge is 0.165 e. The van der Waals surface area contributed by atoms with Crippen molar-refractivity contribution in [2.45, 2.75) is 6.92 Å². The number of ether oxygens (including phenoxy) is 1. The molecule has 0 radical (unpaired) electrons. The Kier molecular flexibility index (Phi) is 3.55.